The fourth-order valence-electron chi connectivity index (χ4n) is 2.46. The van der Waals surface area contributed by atoms with E-state index in [2.05, 4.69) is 4.98 Å². The van der Waals surface area contributed by atoms with E-state index in [4.69, 9.17) is 11.6 Å². The highest BCUT2D eigenvalue weighted by molar-refractivity contribution is 6.34. The molecule has 1 heterocycles. The first-order chi connectivity index (χ1) is 10.1. The lowest BCUT2D eigenvalue weighted by Gasteiger charge is -2.06. The van der Waals surface area contributed by atoms with E-state index in [1.54, 1.807) is 6.07 Å². The Bertz CT molecular complexity index is 836. The van der Waals surface area contributed by atoms with Crippen molar-refractivity contribution in [1.82, 2.24) is 9.55 Å². The number of ketones is 1. The molecular weight excluding hydrogens is 284 g/mol. The minimum Gasteiger partial charge on any atom is -0.331 e. The second-order valence-electron chi connectivity index (χ2n) is 5.11. The summed E-state index contributed by atoms with van der Waals surface area (Å²) in [5, 5.41) is 0.529. The zero-order chi connectivity index (χ0) is 15.0. The molecule has 0 saturated heterocycles. The van der Waals surface area contributed by atoms with Crippen LogP contribution < -0.4 is 0 Å². The molecule has 0 saturated carbocycles. The number of para-hydroxylation sites is 2. The number of aryl methyl sites for hydroxylation is 2. The molecule has 2 aromatic carbocycles. The number of Topliss-reactive ketones (excluding diaryl/α,β-unsaturated/α-hetero) is 1. The van der Waals surface area contributed by atoms with Gasteiger partial charge in [0.1, 0.15) is 5.82 Å². The molecule has 0 radical (unpaired) electrons. The van der Waals surface area contributed by atoms with E-state index in [9.17, 15) is 4.79 Å². The van der Waals surface area contributed by atoms with Crippen molar-refractivity contribution in [3.05, 3.63) is 64.4 Å². The lowest BCUT2D eigenvalue weighted by Crippen LogP contribution is -2.09. The summed E-state index contributed by atoms with van der Waals surface area (Å²) in [6.07, 6.45) is 0.244. The summed E-state index contributed by atoms with van der Waals surface area (Å²) in [7, 11) is 1.93. The first-order valence-corrected chi connectivity index (χ1v) is 7.14. The zero-order valence-electron chi connectivity index (χ0n) is 11.9. The van der Waals surface area contributed by atoms with Gasteiger partial charge in [0.2, 0.25) is 0 Å². The van der Waals surface area contributed by atoms with Gasteiger partial charge in [0.05, 0.1) is 22.5 Å². The summed E-state index contributed by atoms with van der Waals surface area (Å²) in [4.78, 5) is 17.0. The van der Waals surface area contributed by atoms with Crippen LogP contribution in [0, 0.1) is 6.92 Å². The van der Waals surface area contributed by atoms with Gasteiger partial charge >= 0.3 is 0 Å². The maximum atomic E-state index is 12.5. The Morgan fingerprint density at radius 1 is 1.19 bits per heavy atom. The molecule has 0 aliphatic carbocycles. The molecule has 0 aliphatic rings. The van der Waals surface area contributed by atoms with Crippen molar-refractivity contribution in [2.45, 2.75) is 13.3 Å². The summed E-state index contributed by atoms with van der Waals surface area (Å²) < 4.78 is 1.96. The normalized spacial score (nSPS) is 11.0. The van der Waals surface area contributed by atoms with Crippen molar-refractivity contribution < 1.29 is 4.79 Å². The van der Waals surface area contributed by atoms with Crippen molar-refractivity contribution in [3.8, 4) is 0 Å². The average Bonchev–Trinajstić information content (AvgIpc) is 2.79. The first-order valence-electron chi connectivity index (χ1n) is 6.76. The van der Waals surface area contributed by atoms with Gasteiger partial charge in [-0.1, -0.05) is 35.9 Å². The third-order valence-corrected chi connectivity index (χ3v) is 4.19. The maximum absolute atomic E-state index is 12.5. The van der Waals surface area contributed by atoms with Gasteiger partial charge in [-0.3, -0.25) is 4.79 Å². The fraction of sp³-hybridized carbons (Fsp3) is 0.176. The predicted octanol–water partition coefficient (Wildman–Crippen LogP) is 3.96. The molecule has 0 fully saturated rings. The summed E-state index contributed by atoms with van der Waals surface area (Å²) in [6.45, 7) is 1.90. The Kier molecular flexibility index (Phi) is 3.52. The van der Waals surface area contributed by atoms with Gasteiger partial charge in [-0.15, -0.1) is 0 Å². The van der Waals surface area contributed by atoms with Gasteiger partial charge in [0, 0.05) is 12.6 Å². The monoisotopic (exact) mass is 298 g/mol. The van der Waals surface area contributed by atoms with E-state index >= 15 is 0 Å². The molecule has 3 nitrogen and oxygen atoms in total. The summed E-state index contributed by atoms with van der Waals surface area (Å²) in [5.74, 6) is 0.737. The molecule has 0 atom stereocenters. The minimum atomic E-state index is -0.0119. The number of nitrogens with zero attached hydrogens (tertiary/aromatic N) is 2. The molecule has 106 valence electrons. The summed E-state index contributed by atoms with van der Waals surface area (Å²) >= 11 is 6.22. The molecule has 0 bridgehead atoms. The predicted molar refractivity (Wildman–Crippen MR) is 84.9 cm³/mol. The van der Waals surface area contributed by atoms with Crippen molar-refractivity contribution in [3.63, 3.8) is 0 Å². The molecule has 0 amide bonds. The molecule has 4 heteroatoms. The highest BCUT2D eigenvalue weighted by atomic mass is 35.5. The van der Waals surface area contributed by atoms with Crippen molar-refractivity contribution in [2.24, 2.45) is 7.05 Å². The number of aromatic nitrogens is 2. The SMILES string of the molecule is Cc1cccc(C(=O)Cc2nc3ccccc3n2C)c1Cl. The van der Waals surface area contributed by atoms with E-state index in [1.807, 2.05) is 54.9 Å². The van der Waals surface area contributed by atoms with Crippen LogP contribution in [0.2, 0.25) is 5.02 Å². The van der Waals surface area contributed by atoms with Gasteiger partial charge in [-0.05, 0) is 30.7 Å². The zero-order valence-corrected chi connectivity index (χ0v) is 12.7. The standard InChI is InChI=1S/C17H15ClN2O/c1-11-6-5-7-12(17(11)18)15(21)10-16-19-13-8-3-4-9-14(13)20(16)2/h3-9H,10H2,1-2H3. The number of benzene rings is 2. The fourth-order valence-corrected chi connectivity index (χ4v) is 2.69. The number of hydrogen-bond acceptors (Lipinski definition) is 2. The van der Waals surface area contributed by atoms with Gasteiger partial charge in [-0.25, -0.2) is 4.98 Å². The largest absolute Gasteiger partial charge is 0.331 e. The van der Waals surface area contributed by atoms with Crippen LogP contribution in [-0.4, -0.2) is 15.3 Å². The molecule has 0 unspecified atom stereocenters. The van der Waals surface area contributed by atoms with E-state index in [-0.39, 0.29) is 12.2 Å². The van der Waals surface area contributed by atoms with E-state index in [0.717, 1.165) is 22.4 Å². The lowest BCUT2D eigenvalue weighted by atomic mass is 10.1. The quantitative estimate of drug-likeness (QED) is 0.686. The Morgan fingerprint density at radius 2 is 1.95 bits per heavy atom. The minimum absolute atomic E-state index is 0.0119. The molecule has 1 aromatic heterocycles. The van der Waals surface area contributed by atoms with Crippen molar-refractivity contribution in [2.75, 3.05) is 0 Å². The number of halogens is 1. The third-order valence-electron chi connectivity index (χ3n) is 3.69. The van der Waals surface area contributed by atoms with Gasteiger partial charge < -0.3 is 4.57 Å². The Morgan fingerprint density at radius 3 is 2.71 bits per heavy atom. The summed E-state index contributed by atoms with van der Waals surface area (Å²) in [5.41, 5.74) is 3.39. The second-order valence-corrected chi connectivity index (χ2v) is 5.49. The van der Waals surface area contributed by atoms with Gasteiger partial charge in [0.15, 0.2) is 5.78 Å². The lowest BCUT2D eigenvalue weighted by molar-refractivity contribution is 0.0990. The van der Waals surface area contributed by atoms with Gasteiger partial charge in [0.25, 0.3) is 0 Å². The molecule has 3 aromatic rings. The van der Waals surface area contributed by atoms with Crippen LogP contribution in [0.15, 0.2) is 42.5 Å². The van der Waals surface area contributed by atoms with Crippen LogP contribution >= 0.6 is 11.6 Å². The van der Waals surface area contributed by atoms with Crippen LogP contribution in [-0.2, 0) is 13.5 Å². The number of hydrogen-bond donors (Lipinski definition) is 0. The van der Waals surface area contributed by atoms with Gasteiger partial charge in [-0.2, -0.15) is 0 Å². The van der Waals surface area contributed by atoms with Crippen LogP contribution in [0.3, 0.4) is 0 Å². The maximum Gasteiger partial charge on any atom is 0.171 e. The topological polar surface area (TPSA) is 34.9 Å². The molecule has 0 aliphatic heterocycles. The molecular formula is C17H15ClN2O. The van der Waals surface area contributed by atoms with Crippen LogP contribution in [0.1, 0.15) is 21.7 Å². The van der Waals surface area contributed by atoms with Crippen LogP contribution in [0.25, 0.3) is 11.0 Å². The van der Waals surface area contributed by atoms with Crippen molar-refractivity contribution >= 4 is 28.4 Å². The number of rotatable bonds is 3. The molecule has 0 N–H and O–H groups in total. The van der Waals surface area contributed by atoms with E-state index in [1.165, 1.54) is 0 Å². The smallest absolute Gasteiger partial charge is 0.171 e. The highest BCUT2D eigenvalue weighted by Crippen LogP contribution is 2.22. The Balaban J connectivity index is 1.97. The number of imidazole rings is 1. The molecule has 0 spiro atoms. The van der Waals surface area contributed by atoms with E-state index in [0.29, 0.717) is 10.6 Å². The Hall–Kier alpha value is -2.13. The van der Waals surface area contributed by atoms with Crippen molar-refractivity contribution in [1.29, 1.82) is 0 Å². The average molecular weight is 299 g/mol. The Labute approximate surface area is 128 Å². The molecule has 21 heavy (non-hydrogen) atoms. The third kappa shape index (κ3) is 2.45. The van der Waals surface area contributed by atoms with Crippen LogP contribution in [0.5, 0.6) is 0 Å². The number of carbonyl (C=O) groups excluding carboxylic acids is 1. The number of carbonyl (C=O) groups is 1. The highest BCUT2D eigenvalue weighted by Gasteiger charge is 2.16. The summed E-state index contributed by atoms with van der Waals surface area (Å²) in [6, 6.07) is 13.4. The van der Waals surface area contributed by atoms with Crippen LogP contribution in [0.4, 0.5) is 0 Å². The second kappa shape index (κ2) is 5.34. The molecule has 3 rings (SSSR count). The van der Waals surface area contributed by atoms with E-state index < -0.39 is 0 Å². The first kappa shape index (κ1) is 13.8. The number of fused-ring (bicyclic) bond motifs is 1.